The predicted octanol–water partition coefficient (Wildman–Crippen LogP) is 4.21. The van der Waals surface area contributed by atoms with Crippen LogP contribution in [0.5, 0.6) is 5.88 Å². The monoisotopic (exact) mass is 517 g/mol. The maximum absolute atomic E-state index is 13.4. The molecule has 0 fully saturated rings. The Morgan fingerprint density at radius 2 is 1.76 bits per heavy atom. The van der Waals surface area contributed by atoms with Gasteiger partial charge in [0.05, 0.1) is 19.2 Å². The van der Waals surface area contributed by atoms with Crippen LogP contribution in [0.1, 0.15) is 31.0 Å². The van der Waals surface area contributed by atoms with Gasteiger partial charge >= 0.3 is 0 Å². The van der Waals surface area contributed by atoms with E-state index in [9.17, 15) is 4.79 Å². The zero-order chi connectivity index (χ0) is 26.9. The van der Waals surface area contributed by atoms with Crippen molar-refractivity contribution in [2.24, 2.45) is 0 Å². The number of nitrogens with zero attached hydrogens (tertiary/aromatic N) is 5. The number of hydrogen-bond donors (Lipinski definition) is 2. The Hall–Kier alpha value is -4.05. The van der Waals surface area contributed by atoms with Gasteiger partial charge in [0.1, 0.15) is 5.82 Å². The molecule has 4 rings (SSSR count). The average molecular weight is 518 g/mol. The molecule has 4 aromatic heterocycles. The summed E-state index contributed by atoms with van der Waals surface area (Å²) in [5.74, 6) is 1.67. The number of anilines is 2. The standard InChI is InChI=1S/C28H35N7O3/c1-5-12-38-13-11-35-23-16-22(21-7-8-25(37-4)31-17-21)18-32-26(23)34-27(28(35)36)30-10-6-9-29-24-15-19(2)14-20(3)33-24/h7-8,14-18H,5-6,9-13H2,1-4H3,(H,29,33)(H,30,32,34). The van der Waals surface area contributed by atoms with Crippen LogP contribution in [0.25, 0.3) is 22.3 Å². The van der Waals surface area contributed by atoms with E-state index in [1.54, 1.807) is 30.1 Å². The van der Waals surface area contributed by atoms with Gasteiger partial charge in [-0.25, -0.2) is 19.9 Å². The Morgan fingerprint density at radius 3 is 2.50 bits per heavy atom. The van der Waals surface area contributed by atoms with Crippen LogP contribution < -0.4 is 20.9 Å². The van der Waals surface area contributed by atoms with E-state index in [2.05, 4.69) is 44.4 Å². The maximum Gasteiger partial charge on any atom is 0.293 e. The number of ether oxygens (including phenoxy) is 2. The van der Waals surface area contributed by atoms with Crippen molar-refractivity contribution in [2.75, 3.05) is 44.0 Å². The zero-order valence-electron chi connectivity index (χ0n) is 22.5. The van der Waals surface area contributed by atoms with E-state index < -0.39 is 0 Å². The number of aromatic nitrogens is 5. The van der Waals surface area contributed by atoms with E-state index in [0.717, 1.165) is 35.5 Å². The molecule has 0 bridgehead atoms. The van der Waals surface area contributed by atoms with E-state index in [1.807, 2.05) is 31.2 Å². The predicted molar refractivity (Wildman–Crippen MR) is 150 cm³/mol. The fourth-order valence-electron chi connectivity index (χ4n) is 4.13. The highest BCUT2D eigenvalue weighted by molar-refractivity contribution is 5.78. The molecule has 0 saturated carbocycles. The molecular formula is C28H35N7O3. The number of pyridine rings is 3. The van der Waals surface area contributed by atoms with Crippen LogP contribution >= 0.6 is 0 Å². The van der Waals surface area contributed by atoms with Crippen LogP contribution in [-0.2, 0) is 11.3 Å². The molecule has 2 N–H and O–H groups in total. The molecule has 0 aliphatic carbocycles. The first kappa shape index (κ1) is 27.0. The first-order chi connectivity index (χ1) is 18.5. The molecule has 10 nitrogen and oxygen atoms in total. The van der Waals surface area contributed by atoms with Gasteiger partial charge in [0.25, 0.3) is 5.56 Å². The van der Waals surface area contributed by atoms with Crippen LogP contribution in [0.4, 0.5) is 11.6 Å². The fourth-order valence-corrected chi connectivity index (χ4v) is 4.13. The Labute approximate surface area is 222 Å². The van der Waals surface area contributed by atoms with Gasteiger partial charge in [0.15, 0.2) is 11.5 Å². The maximum atomic E-state index is 13.4. The van der Waals surface area contributed by atoms with Gasteiger partial charge in [-0.3, -0.25) is 9.36 Å². The second-order valence-electron chi connectivity index (χ2n) is 9.06. The lowest BCUT2D eigenvalue weighted by molar-refractivity contribution is 0.127. The third kappa shape index (κ3) is 6.83. The van der Waals surface area contributed by atoms with Crippen LogP contribution in [0, 0.1) is 13.8 Å². The minimum atomic E-state index is -0.201. The average Bonchev–Trinajstić information content (AvgIpc) is 2.91. The SMILES string of the molecule is CCCOCCn1c(=O)c(NCCCNc2cc(C)cc(C)n2)nc2ncc(-c3ccc(OC)nc3)cc21. The molecule has 4 aromatic rings. The first-order valence-electron chi connectivity index (χ1n) is 12.9. The molecular weight excluding hydrogens is 482 g/mol. The van der Waals surface area contributed by atoms with Crippen LogP contribution in [0.15, 0.2) is 47.5 Å². The van der Waals surface area contributed by atoms with E-state index in [4.69, 9.17) is 9.47 Å². The minimum absolute atomic E-state index is 0.201. The molecule has 0 unspecified atom stereocenters. The van der Waals surface area contributed by atoms with Gasteiger partial charge in [-0.05, 0) is 56.5 Å². The first-order valence-corrected chi connectivity index (χ1v) is 12.9. The Morgan fingerprint density at radius 1 is 0.947 bits per heavy atom. The van der Waals surface area contributed by atoms with E-state index in [-0.39, 0.29) is 11.4 Å². The molecule has 0 aliphatic rings. The molecule has 0 aromatic carbocycles. The molecule has 0 spiro atoms. The molecule has 0 saturated heterocycles. The van der Waals surface area contributed by atoms with Crippen molar-refractivity contribution >= 4 is 22.8 Å². The number of rotatable bonds is 13. The lowest BCUT2D eigenvalue weighted by Gasteiger charge is -2.14. The summed E-state index contributed by atoms with van der Waals surface area (Å²) < 4.78 is 12.5. The zero-order valence-corrected chi connectivity index (χ0v) is 22.5. The van der Waals surface area contributed by atoms with Crippen molar-refractivity contribution in [2.45, 2.75) is 40.2 Å². The third-order valence-corrected chi connectivity index (χ3v) is 5.94. The summed E-state index contributed by atoms with van der Waals surface area (Å²) in [6.45, 7) is 8.85. The van der Waals surface area contributed by atoms with Crippen molar-refractivity contribution in [1.29, 1.82) is 0 Å². The number of nitrogens with one attached hydrogen (secondary N) is 2. The van der Waals surface area contributed by atoms with Gasteiger partial charge in [0, 0.05) is 61.5 Å². The highest BCUT2D eigenvalue weighted by Crippen LogP contribution is 2.23. The molecule has 10 heteroatoms. The summed E-state index contributed by atoms with van der Waals surface area (Å²) in [6, 6.07) is 9.69. The highest BCUT2D eigenvalue weighted by atomic mass is 16.5. The largest absolute Gasteiger partial charge is 0.481 e. The molecule has 4 heterocycles. The van der Waals surface area contributed by atoms with Crippen LogP contribution in [-0.4, -0.2) is 57.9 Å². The van der Waals surface area contributed by atoms with Crippen molar-refractivity contribution in [3.63, 3.8) is 0 Å². The van der Waals surface area contributed by atoms with E-state index in [0.29, 0.717) is 49.9 Å². The quantitative estimate of drug-likeness (QED) is 0.252. The summed E-state index contributed by atoms with van der Waals surface area (Å²) in [4.78, 5) is 31.4. The summed E-state index contributed by atoms with van der Waals surface area (Å²) in [5.41, 5.74) is 4.79. The smallest absolute Gasteiger partial charge is 0.293 e. The summed E-state index contributed by atoms with van der Waals surface area (Å²) in [6.07, 6.45) is 5.16. The van der Waals surface area contributed by atoms with Gasteiger partial charge < -0.3 is 20.1 Å². The van der Waals surface area contributed by atoms with Crippen molar-refractivity contribution < 1.29 is 9.47 Å². The van der Waals surface area contributed by atoms with E-state index in [1.165, 1.54) is 5.56 Å². The number of aryl methyl sites for hydroxylation is 2. The van der Waals surface area contributed by atoms with Gasteiger partial charge in [-0.15, -0.1) is 0 Å². The third-order valence-electron chi connectivity index (χ3n) is 5.94. The molecule has 0 atom stereocenters. The molecule has 200 valence electrons. The van der Waals surface area contributed by atoms with E-state index >= 15 is 0 Å². The fraction of sp³-hybridized carbons (Fsp3) is 0.393. The highest BCUT2D eigenvalue weighted by Gasteiger charge is 2.13. The van der Waals surface area contributed by atoms with Crippen molar-refractivity contribution in [3.8, 4) is 17.0 Å². The topological polar surface area (TPSA) is 116 Å². The molecule has 38 heavy (non-hydrogen) atoms. The summed E-state index contributed by atoms with van der Waals surface area (Å²) >= 11 is 0. The Balaban J connectivity index is 1.52. The van der Waals surface area contributed by atoms with Crippen LogP contribution in [0.2, 0.25) is 0 Å². The second-order valence-corrected chi connectivity index (χ2v) is 9.06. The molecule has 0 radical (unpaired) electrons. The van der Waals surface area contributed by atoms with Crippen molar-refractivity contribution in [1.82, 2.24) is 24.5 Å². The summed E-state index contributed by atoms with van der Waals surface area (Å²) in [5, 5.41) is 6.55. The molecule has 0 amide bonds. The number of methoxy groups -OCH3 is 1. The second kappa shape index (κ2) is 13.0. The number of fused-ring (bicyclic) bond motifs is 1. The normalized spacial score (nSPS) is 11.1. The number of hydrogen-bond acceptors (Lipinski definition) is 9. The summed E-state index contributed by atoms with van der Waals surface area (Å²) in [7, 11) is 1.58. The van der Waals surface area contributed by atoms with Crippen molar-refractivity contribution in [3.05, 3.63) is 64.3 Å². The van der Waals surface area contributed by atoms with Gasteiger partial charge in [0.2, 0.25) is 5.88 Å². The Bertz CT molecular complexity index is 1400. The van der Waals surface area contributed by atoms with Gasteiger partial charge in [-0.1, -0.05) is 6.92 Å². The lowest BCUT2D eigenvalue weighted by Crippen LogP contribution is -2.28. The minimum Gasteiger partial charge on any atom is -0.481 e. The van der Waals surface area contributed by atoms with Gasteiger partial charge in [-0.2, -0.15) is 0 Å². The molecule has 0 aliphatic heterocycles. The van der Waals surface area contributed by atoms with Crippen LogP contribution in [0.3, 0.4) is 0 Å². The lowest BCUT2D eigenvalue weighted by atomic mass is 10.1. The Kier molecular flexibility index (Phi) is 9.21.